The van der Waals surface area contributed by atoms with Crippen LogP contribution in [-0.4, -0.2) is 6.54 Å². The zero-order valence-electron chi connectivity index (χ0n) is 12.8. The molecule has 3 heteroatoms. The Morgan fingerprint density at radius 3 is 2.48 bits per heavy atom. The van der Waals surface area contributed by atoms with Gasteiger partial charge in [0.05, 0.1) is 0 Å². The zero-order chi connectivity index (χ0) is 14.2. The van der Waals surface area contributed by atoms with Crippen molar-refractivity contribution in [1.82, 2.24) is 5.32 Å². The van der Waals surface area contributed by atoms with Gasteiger partial charge in [0.1, 0.15) is 12.4 Å². The first kappa shape index (κ1) is 17.5. The molecule has 114 valence electrons. The van der Waals surface area contributed by atoms with Crippen molar-refractivity contribution in [2.24, 2.45) is 0 Å². The van der Waals surface area contributed by atoms with Gasteiger partial charge in [0.2, 0.25) is 0 Å². The molecule has 1 N–H and O–H groups in total. The first-order chi connectivity index (χ1) is 9.78. The second kappa shape index (κ2) is 9.43. The summed E-state index contributed by atoms with van der Waals surface area (Å²) in [5.74, 6) is 0.932. The van der Waals surface area contributed by atoms with E-state index < -0.39 is 0 Å². The van der Waals surface area contributed by atoms with Crippen molar-refractivity contribution in [3.8, 4) is 5.75 Å². The molecule has 2 nitrogen and oxygen atoms in total. The van der Waals surface area contributed by atoms with E-state index in [1.165, 1.54) is 16.7 Å². The molecular formula is C18H24ClNO. The molecule has 0 fully saturated rings. The number of hydrogen-bond acceptors (Lipinski definition) is 2. The first-order valence-corrected chi connectivity index (χ1v) is 7.26. The topological polar surface area (TPSA) is 21.3 Å². The van der Waals surface area contributed by atoms with E-state index in [4.69, 9.17) is 4.74 Å². The second-order valence-electron chi connectivity index (χ2n) is 5.10. The molecule has 0 aliphatic rings. The molecule has 0 amide bonds. The maximum atomic E-state index is 5.85. The van der Waals surface area contributed by atoms with Gasteiger partial charge in [-0.15, -0.1) is 12.4 Å². The van der Waals surface area contributed by atoms with Crippen molar-refractivity contribution in [2.75, 3.05) is 6.54 Å². The lowest BCUT2D eigenvalue weighted by atomic mass is 10.2. The summed E-state index contributed by atoms with van der Waals surface area (Å²) < 4.78 is 5.85. The maximum absolute atomic E-state index is 5.85. The smallest absolute Gasteiger partial charge is 0.120 e. The minimum absolute atomic E-state index is 0. The third-order valence-corrected chi connectivity index (χ3v) is 3.18. The number of rotatable bonds is 7. The number of benzene rings is 2. The number of ether oxygens (including phenoxy) is 1. The van der Waals surface area contributed by atoms with Crippen molar-refractivity contribution in [2.45, 2.75) is 33.4 Å². The Bertz CT molecular complexity index is 525. The molecule has 0 aromatic heterocycles. The predicted molar refractivity (Wildman–Crippen MR) is 91.2 cm³/mol. The number of hydrogen-bond donors (Lipinski definition) is 1. The summed E-state index contributed by atoms with van der Waals surface area (Å²) in [5.41, 5.74) is 3.74. The number of halogens is 1. The van der Waals surface area contributed by atoms with Crippen LogP contribution in [0.15, 0.2) is 48.5 Å². The van der Waals surface area contributed by atoms with Crippen LogP contribution in [0, 0.1) is 6.92 Å². The summed E-state index contributed by atoms with van der Waals surface area (Å²) in [5, 5.41) is 3.40. The molecule has 0 aliphatic heterocycles. The van der Waals surface area contributed by atoms with Gasteiger partial charge in [0, 0.05) is 6.54 Å². The highest BCUT2D eigenvalue weighted by Gasteiger charge is 1.98. The Hall–Kier alpha value is -1.51. The van der Waals surface area contributed by atoms with Crippen LogP contribution in [0.3, 0.4) is 0 Å². The van der Waals surface area contributed by atoms with Crippen LogP contribution in [0.2, 0.25) is 0 Å². The monoisotopic (exact) mass is 305 g/mol. The SMILES string of the molecule is CCCNCc1cccc(OCc2ccc(C)cc2)c1.Cl. The van der Waals surface area contributed by atoms with E-state index in [0.29, 0.717) is 6.61 Å². The molecule has 0 saturated heterocycles. The number of nitrogens with one attached hydrogen (secondary N) is 1. The summed E-state index contributed by atoms with van der Waals surface area (Å²) >= 11 is 0. The van der Waals surface area contributed by atoms with Gasteiger partial charge in [-0.1, -0.05) is 48.9 Å². The quantitative estimate of drug-likeness (QED) is 0.761. The summed E-state index contributed by atoms with van der Waals surface area (Å²) in [6.45, 7) is 6.83. The molecule has 2 aromatic rings. The van der Waals surface area contributed by atoms with Crippen LogP contribution < -0.4 is 10.1 Å². The second-order valence-corrected chi connectivity index (χ2v) is 5.10. The lowest BCUT2D eigenvalue weighted by Crippen LogP contribution is -2.13. The summed E-state index contributed by atoms with van der Waals surface area (Å²) in [4.78, 5) is 0. The average Bonchev–Trinajstić information content (AvgIpc) is 2.47. The van der Waals surface area contributed by atoms with Crippen LogP contribution in [-0.2, 0) is 13.2 Å². The summed E-state index contributed by atoms with van der Waals surface area (Å²) in [6.07, 6.45) is 1.16. The normalized spacial score (nSPS) is 10.0. The van der Waals surface area contributed by atoms with Crippen molar-refractivity contribution in [1.29, 1.82) is 0 Å². The van der Waals surface area contributed by atoms with E-state index in [2.05, 4.69) is 55.6 Å². The van der Waals surface area contributed by atoms with Gasteiger partial charge < -0.3 is 10.1 Å². The summed E-state index contributed by atoms with van der Waals surface area (Å²) in [6, 6.07) is 16.8. The number of aryl methyl sites for hydroxylation is 1. The fourth-order valence-corrected chi connectivity index (χ4v) is 2.01. The lowest BCUT2D eigenvalue weighted by Gasteiger charge is -2.09. The first-order valence-electron chi connectivity index (χ1n) is 7.26. The largest absolute Gasteiger partial charge is 0.489 e. The molecule has 0 aliphatic carbocycles. The zero-order valence-corrected chi connectivity index (χ0v) is 13.6. The van der Waals surface area contributed by atoms with Crippen molar-refractivity contribution < 1.29 is 4.74 Å². The molecule has 0 bridgehead atoms. The molecule has 0 spiro atoms. The standard InChI is InChI=1S/C18H23NO.ClH/c1-3-11-19-13-17-5-4-6-18(12-17)20-14-16-9-7-15(2)8-10-16;/h4-10,12,19H,3,11,13-14H2,1-2H3;1H. The average molecular weight is 306 g/mol. The van der Waals surface area contributed by atoms with Gasteiger partial charge in [-0.2, -0.15) is 0 Å². The van der Waals surface area contributed by atoms with E-state index in [9.17, 15) is 0 Å². The van der Waals surface area contributed by atoms with Crippen LogP contribution in [0.1, 0.15) is 30.0 Å². The minimum atomic E-state index is 0. The Balaban J connectivity index is 0.00000220. The van der Waals surface area contributed by atoms with Gasteiger partial charge in [-0.3, -0.25) is 0 Å². The van der Waals surface area contributed by atoms with E-state index in [-0.39, 0.29) is 12.4 Å². The fraction of sp³-hybridized carbons (Fsp3) is 0.333. The molecule has 21 heavy (non-hydrogen) atoms. The van der Waals surface area contributed by atoms with E-state index in [1.807, 2.05) is 12.1 Å². The molecule has 0 heterocycles. The Kier molecular flexibility index (Phi) is 7.88. The summed E-state index contributed by atoms with van der Waals surface area (Å²) in [7, 11) is 0. The highest BCUT2D eigenvalue weighted by molar-refractivity contribution is 5.85. The fourth-order valence-electron chi connectivity index (χ4n) is 2.01. The predicted octanol–water partition coefficient (Wildman–Crippen LogP) is 4.50. The van der Waals surface area contributed by atoms with Gasteiger partial charge in [0.15, 0.2) is 0 Å². The molecule has 0 saturated carbocycles. The van der Waals surface area contributed by atoms with Gasteiger partial charge >= 0.3 is 0 Å². The maximum Gasteiger partial charge on any atom is 0.120 e. The third kappa shape index (κ3) is 6.19. The Morgan fingerprint density at radius 1 is 1.00 bits per heavy atom. The Morgan fingerprint density at radius 2 is 1.76 bits per heavy atom. The van der Waals surface area contributed by atoms with Crippen LogP contribution in [0.5, 0.6) is 5.75 Å². The highest BCUT2D eigenvalue weighted by Crippen LogP contribution is 2.15. The van der Waals surface area contributed by atoms with E-state index in [0.717, 1.165) is 25.3 Å². The Labute approximate surface area is 133 Å². The van der Waals surface area contributed by atoms with Crippen molar-refractivity contribution in [3.63, 3.8) is 0 Å². The van der Waals surface area contributed by atoms with Gasteiger partial charge in [-0.25, -0.2) is 0 Å². The van der Waals surface area contributed by atoms with Crippen LogP contribution in [0.4, 0.5) is 0 Å². The molecule has 0 radical (unpaired) electrons. The highest BCUT2D eigenvalue weighted by atomic mass is 35.5. The van der Waals surface area contributed by atoms with Gasteiger partial charge in [0.25, 0.3) is 0 Å². The van der Waals surface area contributed by atoms with Gasteiger partial charge in [-0.05, 0) is 43.1 Å². The third-order valence-electron chi connectivity index (χ3n) is 3.18. The molecule has 2 rings (SSSR count). The van der Waals surface area contributed by atoms with Crippen LogP contribution in [0.25, 0.3) is 0 Å². The van der Waals surface area contributed by atoms with Crippen molar-refractivity contribution in [3.05, 3.63) is 65.2 Å². The molecule has 0 unspecified atom stereocenters. The van der Waals surface area contributed by atoms with Crippen molar-refractivity contribution >= 4 is 12.4 Å². The van der Waals surface area contributed by atoms with E-state index in [1.54, 1.807) is 0 Å². The molecule has 2 aromatic carbocycles. The van der Waals surface area contributed by atoms with E-state index >= 15 is 0 Å². The minimum Gasteiger partial charge on any atom is -0.489 e. The lowest BCUT2D eigenvalue weighted by molar-refractivity contribution is 0.306. The molecule has 0 atom stereocenters. The molecular weight excluding hydrogens is 282 g/mol. The van der Waals surface area contributed by atoms with Crippen LogP contribution >= 0.6 is 12.4 Å².